The summed E-state index contributed by atoms with van der Waals surface area (Å²) in [6, 6.07) is 11.7. The Morgan fingerprint density at radius 2 is 1.74 bits per heavy atom. The number of nitro groups is 1. The molecule has 0 spiro atoms. The zero-order chi connectivity index (χ0) is 16.2. The van der Waals surface area contributed by atoms with Crippen LogP contribution < -0.4 is 4.57 Å². The first-order chi connectivity index (χ1) is 11.2. The van der Waals surface area contributed by atoms with Gasteiger partial charge in [0.25, 0.3) is 0 Å². The molecule has 2 atom stereocenters. The van der Waals surface area contributed by atoms with E-state index < -0.39 is 11.2 Å². The number of hydrogen-bond donors (Lipinski definition) is 1. The summed E-state index contributed by atoms with van der Waals surface area (Å²) in [4.78, 5) is 10.2. The molecule has 1 aromatic carbocycles. The molecule has 2 heterocycles. The molecule has 1 aromatic heterocycles. The highest BCUT2D eigenvalue weighted by atomic mass is 16.7. The number of hydrogen-bond acceptors (Lipinski definition) is 4. The molecular formula is C17H17N2O4+. The van der Waals surface area contributed by atoms with Gasteiger partial charge in [-0.05, 0) is 22.8 Å². The maximum absolute atomic E-state index is 10.7. The van der Waals surface area contributed by atoms with Crippen molar-refractivity contribution in [3.05, 3.63) is 76.6 Å². The third kappa shape index (κ3) is 3.61. The number of nitrogens with zero attached hydrogens (tertiary/aromatic N) is 2. The van der Waals surface area contributed by atoms with Gasteiger partial charge in [0, 0.05) is 18.2 Å². The second kappa shape index (κ2) is 6.68. The van der Waals surface area contributed by atoms with Gasteiger partial charge in [-0.1, -0.05) is 24.3 Å². The lowest BCUT2D eigenvalue weighted by Gasteiger charge is -2.07. The van der Waals surface area contributed by atoms with E-state index in [0.717, 1.165) is 16.7 Å². The van der Waals surface area contributed by atoms with Gasteiger partial charge in [0.05, 0.1) is 11.5 Å². The minimum absolute atomic E-state index is 0.0368. The Labute approximate surface area is 133 Å². The summed E-state index contributed by atoms with van der Waals surface area (Å²) >= 11 is 0. The van der Waals surface area contributed by atoms with Crippen LogP contribution in [0.2, 0.25) is 0 Å². The molecule has 6 heteroatoms. The highest BCUT2D eigenvalue weighted by Gasteiger charge is 2.29. The Balaban J connectivity index is 1.65. The fourth-order valence-corrected chi connectivity index (χ4v) is 2.49. The largest absolute Gasteiger partial charge is 0.392 e. The highest BCUT2D eigenvalue weighted by molar-refractivity contribution is 5.62. The van der Waals surface area contributed by atoms with Gasteiger partial charge in [-0.15, -0.1) is 0 Å². The van der Waals surface area contributed by atoms with E-state index in [1.165, 1.54) is 6.08 Å². The molecule has 3 rings (SSSR count). The molecule has 2 aromatic rings. The van der Waals surface area contributed by atoms with Gasteiger partial charge in [0.2, 0.25) is 0 Å². The number of rotatable bonds is 5. The Bertz CT molecular complexity index is 710. The van der Waals surface area contributed by atoms with Crippen molar-refractivity contribution in [2.45, 2.75) is 25.5 Å². The Morgan fingerprint density at radius 3 is 2.30 bits per heavy atom. The maximum Gasteiger partial charge on any atom is 0.336 e. The minimum atomic E-state index is -1.04. The van der Waals surface area contributed by atoms with Crippen LogP contribution >= 0.6 is 0 Å². The van der Waals surface area contributed by atoms with E-state index in [0.29, 0.717) is 6.54 Å². The topological polar surface area (TPSA) is 76.5 Å². The molecule has 0 saturated heterocycles. The van der Waals surface area contributed by atoms with Crippen molar-refractivity contribution in [1.82, 2.24) is 0 Å². The predicted octanol–water partition coefficient (Wildman–Crippen LogP) is 1.69. The molecule has 6 nitrogen and oxygen atoms in total. The number of ether oxygens (including phenoxy) is 1. The molecule has 0 fully saturated rings. The van der Waals surface area contributed by atoms with E-state index in [1.807, 2.05) is 53.4 Å². The van der Waals surface area contributed by atoms with Crippen LogP contribution in [0.4, 0.5) is 0 Å². The quantitative estimate of drug-likeness (QED) is 0.394. The first-order valence-corrected chi connectivity index (χ1v) is 7.32. The van der Waals surface area contributed by atoms with E-state index in [4.69, 9.17) is 9.84 Å². The standard InChI is InChI=1S/C17H17N2O4/c20-12-13-1-3-14(4-2-13)15-7-9-18(10-8-15)11-16-5-6-17(23-16)19(21)22/h1-10,16-17,20H,11-12H2/q+1. The zero-order valence-corrected chi connectivity index (χ0v) is 12.4. The van der Waals surface area contributed by atoms with Gasteiger partial charge in [-0.3, -0.25) is 14.9 Å². The lowest BCUT2D eigenvalue weighted by atomic mass is 10.1. The van der Waals surface area contributed by atoms with Crippen molar-refractivity contribution < 1.29 is 19.3 Å². The zero-order valence-electron chi connectivity index (χ0n) is 12.4. The van der Waals surface area contributed by atoms with Crippen molar-refractivity contribution in [1.29, 1.82) is 0 Å². The van der Waals surface area contributed by atoms with Crippen LogP contribution in [0, 0.1) is 10.1 Å². The summed E-state index contributed by atoms with van der Waals surface area (Å²) in [7, 11) is 0. The van der Waals surface area contributed by atoms with Gasteiger partial charge < -0.3 is 5.11 Å². The molecule has 0 aliphatic carbocycles. The van der Waals surface area contributed by atoms with E-state index in [-0.39, 0.29) is 12.7 Å². The van der Waals surface area contributed by atoms with Gasteiger partial charge in [-0.25, -0.2) is 4.57 Å². The molecule has 0 amide bonds. The first kappa shape index (κ1) is 15.3. The number of aliphatic hydroxyl groups is 1. The molecule has 0 radical (unpaired) electrons. The summed E-state index contributed by atoms with van der Waals surface area (Å²) in [5.74, 6) is 0. The molecule has 0 bridgehead atoms. The normalized spacial score (nSPS) is 19.9. The van der Waals surface area contributed by atoms with E-state index in [9.17, 15) is 10.1 Å². The maximum atomic E-state index is 10.7. The molecule has 2 unspecified atom stereocenters. The lowest BCUT2D eigenvalue weighted by Crippen LogP contribution is -2.39. The number of aromatic nitrogens is 1. The lowest BCUT2D eigenvalue weighted by molar-refractivity contribution is -0.705. The van der Waals surface area contributed by atoms with Gasteiger partial charge in [0.15, 0.2) is 18.9 Å². The molecule has 1 aliphatic heterocycles. The second-order valence-corrected chi connectivity index (χ2v) is 5.37. The van der Waals surface area contributed by atoms with Gasteiger partial charge >= 0.3 is 6.23 Å². The second-order valence-electron chi connectivity index (χ2n) is 5.37. The van der Waals surface area contributed by atoms with Crippen molar-refractivity contribution in [2.24, 2.45) is 0 Å². The van der Waals surface area contributed by atoms with Crippen molar-refractivity contribution in [3.63, 3.8) is 0 Å². The van der Waals surface area contributed by atoms with Crippen LogP contribution in [0.3, 0.4) is 0 Å². The number of benzene rings is 1. The van der Waals surface area contributed by atoms with Crippen molar-refractivity contribution >= 4 is 0 Å². The van der Waals surface area contributed by atoms with Crippen LogP contribution in [-0.4, -0.2) is 22.4 Å². The minimum Gasteiger partial charge on any atom is -0.392 e. The number of pyridine rings is 1. The third-order valence-corrected chi connectivity index (χ3v) is 3.76. The van der Waals surface area contributed by atoms with Crippen LogP contribution in [0.15, 0.2) is 60.9 Å². The van der Waals surface area contributed by atoms with Crippen molar-refractivity contribution in [3.8, 4) is 11.1 Å². The Morgan fingerprint density at radius 1 is 1.09 bits per heavy atom. The first-order valence-electron chi connectivity index (χ1n) is 7.32. The Hall–Kier alpha value is -2.57. The van der Waals surface area contributed by atoms with Crippen LogP contribution in [0.5, 0.6) is 0 Å². The highest BCUT2D eigenvalue weighted by Crippen LogP contribution is 2.18. The molecule has 0 saturated carbocycles. The molecule has 1 aliphatic rings. The van der Waals surface area contributed by atoms with Crippen LogP contribution in [-0.2, 0) is 17.9 Å². The molecule has 23 heavy (non-hydrogen) atoms. The van der Waals surface area contributed by atoms with E-state index in [2.05, 4.69) is 0 Å². The summed E-state index contributed by atoms with van der Waals surface area (Å²) in [5.41, 5.74) is 3.02. The fraction of sp³-hybridized carbons (Fsp3) is 0.235. The van der Waals surface area contributed by atoms with E-state index in [1.54, 1.807) is 6.08 Å². The Kier molecular flexibility index (Phi) is 4.45. The summed E-state index contributed by atoms with van der Waals surface area (Å²) in [6.45, 7) is 0.569. The smallest absolute Gasteiger partial charge is 0.336 e. The molecular weight excluding hydrogens is 296 g/mol. The average molecular weight is 313 g/mol. The molecule has 1 N–H and O–H groups in total. The predicted molar refractivity (Wildman–Crippen MR) is 82.8 cm³/mol. The fourth-order valence-electron chi connectivity index (χ4n) is 2.49. The van der Waals surface area contributed by atoms with Gasteiger partial charge in [-0.2, -0.15) is 0 Å². The molecule has 118 valence electrons. The van der Waals surface area contributed by atoms with Crippen LogP contribution in [0.1, 0.15) is 5.56 Å². The average Bonchev–Trinajstić information content (AvgIpc) is 3.04. The van der Waals surface area contributed by atoms with Crippen LogP contribution in [0.25, 0.3) is 11.1 Å². The summed E-state index contributed by atoms with van der Waals surface area (Å²) < 4.78 is 7.25. The van der Waals surface area contributed by atoms with E-state index >= 15 is 0 Å². The van der Waals surface area contributed by atoms with Gasteiger partial charge in [0.1, 0.15) is 6.10 Å². The van der Waals surface area contributed by atoms with Crippen molar-refractivity contribution in [2.75, 3.05) is 0 Å². The third-order valence-electron chi connectivity index (χ3n) is 3.76. The summed E-state index contributed by atoms with van der Waals surface area (Å²) in [5, 5.41) is 19.7. The SMILES string of the molecule is O=[N+]([O-])C1C=CC(C[n+]2ccc(-c3ccc(CO)cc3)cc2)O1. The monoisotopic (exact) mass is 313 g/mol. The number of aliphatic hydroxyl groups excluding tert-OH is 1. The summed E-state index contributed by atoms with van der Waals surface area (Å²) in [6.07, 6.45) is 5.72.